The Balaban J connectivity index is 1.70. The lowest BCUT2D eigenvalue weighted by Crippen LogP contribution is -2.35. The molecule has 1 heterocycles. The minimum atomic E-state index is -3.67. The molecule has 1 fully saturated rings. The van der Waals surface area contributed by atoms with Gasteiger partial charge in [0.1, 0.15) is 11.4 Å². The highest BCUT2D eigenvalue weighted by atomic mass is 32.2. The van der Waals surface area contributed by atoms with E-state index in [-0.39, 0.29) is 35.1 Å². The molecule has 33 heavy (non-hydrogen) atoms. The van der Waals surface area contributed by atoms with Gasteiger partial charge in [-0.1, -0.05) is 18.6 Å². The fraction of sp³-hybridized carbons (Fsp3) is 0.409. The van der Waals surface area contributed by atoms with Crippen molar-refractivity contribution >= 4 is 33.0 Å². The van der Waals surface area contributed by atoms with Gasteiger partial charge in [0.15, 0.2) is 0 Å². The lowest BCUT2D eigenvalue weighted by Gasteiger charge is -2.26. The Bertz CT molecular complexity index is 1100. The van der Waals surface area contributed by atoms with Crippen LogP contribution in [-0.2, 0) is 14.8 Å². The quantitative estimate of drug-likeness (QED) is 0.396. The van der Waals surface area contributed by atoms with Crippen LogP contribution in [0, 0.1) is 10.1 Å². The fourth-order valence-corrected chi connectivity index (χ4v) is 5.15. The molecule has 2 aromatic carbocycles. The Morgan fingerprint density at radius 2 is 1.85 bits per heavy atom. The van der Waals surface area contributed by atoms with Crippen LogP contribution in [0.3, 0.4) is 0 Å². The zero-order valence-corrected chi connectivity index (χ0v) is 19.3. The molecule has 10 nitrogen and oxygen atoms in total. The number of ether oxygens (including phenoxy) is 1. The van der Waals surface area contributed by atoms with Gasteiger partial charge in [-0.3, -0.25) is 14.9 Å². The Morgan fingerprint density at radius 3 is 2.55 bits per heavy atom. The Morgan fingerprint density at radius 1 is 1.12 bits per heavy atom. The van der Waals surface area contributed by atoms with Crippen molar-refractivity contribution in [1.82, 2.24) is 4.31 Å². The van der Waals surface area contributed by atoms with E-state index >= 15 is 0 Å². The molecule has 2 N–H and O–H groups in total. The van der Waals surface area contributed by atoms with Crippen LogP contribution in [0.15, 0.2) is 47.4 Å². The van der Waals surface area contributed by atoms with E-state index in [9.17, 15) is 23.3 Å². The van der Waals surface area contributed by atoms with Gasteiger partial charge in [-0.2, -0.15) is 4.31 Å². The first kappa shape index (κ1) is 24.5. The van der Waals surface area contributed by atoms with E-state index in [1.54, 1.807) is 31.2 Å². The number of amides is 1. The molecule has 178 valence electrons. The average Bonchev–Trinajstić information content (AvgIpc) is 2.81. The molecule has 1 saturated heterocycles. The summed E-state index contributed by atoms with van der Waals surface area (Å²) in [6, 6.07) is 10.6. The molecule has 0 saturated carbocycles. The summed E-state index contributed by atoms with van der Waals surface area (Å²) in [5, 5.41) is 16.7. The fourth-order valence-electron chi connectivity index (χ4n) is 3.61. The van der Waals surface area contributed by atoms with E-state index in [2.05, 4.69) is 10.6 Å². The van der Waals surface area contributed by atoms with E-state index < -0.39 is 14.9 Å². The molecule has 1 amide bonds. The minimum Gasteiger partial charge on any atom is -0.492 e. The van der Waals surface area contributed by atoms with Gasteiger partial charge in [0, 0.05) is 32.1 Å². The molecule has 1 aliphatic rings. The second-order valence-electron chi connectivity index (χ2n) is 7.55. The second kappa shape index (κ2) is 11.1. The van der Waals surface area contributed by atoms with Crippen molar-refractivity contribution in [1.29, 1.82) is 0 Å². The molecule has 0 unspecified atom stereocenters. The van der Waals surface area contributed by atoms with Gasteiger partial charge >= 0.3 is 0 Å². The molecular formula is C22H28N4O6S. The van der Waals surface area contributed by atoms with Gasteiger partial charge in [-0.25, -0.2) is 8.42 Å². The SMILES string of the molecule is CCOc1ccc(S(=O)(=O)N2CCCCC2)cc1NC(=O)CCNc1ccccc1[N+](=O)[O-]. The van der Waals surface area contributed by atoms with E-state index in [0.717, 1.165) is 19.3 Å². The number of nitrogens with one attached hydrogen (secondary N) is 2. The van der Waals surface area contributed by atoms with E-state index in [0.29, 0.717) is 31.1 Å². The summed E-state index contributed by atoms with van der Waals surface area (Å²) in [4.78, 5) is 23.2. The highest BCUT2D eigenvalue weighted by Crippen LogP contribution is 2.30. The van der Waals surface area contributed by atoms with Gasteiger partial charge in [0.05, 0.1) is 22.1 Å². The topological polar surface area (TPSA) is 131 Å². The number of carbonyl (C=O) groups is 1. The summed E-state index contributed by atoms with van der Waals surface area (Å²) in [6.45, 7) is 3.26. The number of para-hydroxylation sites is 2. The predicted molar refractivity (Wildman–Crippen MR) is 125 cm³/mol. The molecule has 0 aliphatic carbocycles. The maximum absolute atomic E-state index is 13.0. The van der Waals surface area contributed by atoms with Crippen LogP contribution >= 0.6 is 0 Å². The van der Waals surface area contributed by atoms with Crippen molar-refractivity contribution in [3.8, 4) is 5.75 Å². The maximum atomic E-state index is 13.0. The van der Waals surface area contributed by atoms with Crippen LogP contribution in [0.2, 0.25) is 0 Å². The van der Waals surface area contributed by atoms with Crippen molar-refractivity contribution in [3.63, 3.8) is 0 Å². The van der Waals surface area contributed by atoms with Crippen LogP contribution in [0.25, 0.3) is 0 Å². The minimum absolute atomic E-state index is 0.0146. The molecule has 1 aliphatic heterocycles. The number of nitrogens with zero attached hydrogens (tertiary/aromatic N) is 2. The zero-order chi connectivity index (χ0) is 23.8. The first-order chi connectivity index (χ1) is 15.8. The number of piperidine rings is 1. The van der Waals surface area contributed by atoms with E-state index in [4.69, 9.17) is 4.74 Å². The number of anilines is 2. The number of carbonyl (C=O) groups excluding carboxylic acids is 1. The Labute approximate surface area is 193 Å². The van der Waals surface area contributed by atoms with Crippen LogP contribution < -0.4 is 15.4 Å². The smallest absolute Gasteiger partial charge is 0.292 e. The van der Waals surface area contributed by atoms with Crippen molar-refractivity contribution in [2.45, 2.75) is 37.5 Å². The van der Waals surface area contributed by atoms with Crippen molar-refractivity contribution in [3.05, 3.63) is 52.6 Å². The number of benzene rings is 2. The molecule has 0 radical (unpaired) electrons. The highest BCUT2D eigenvalue weighted by Gasteiger charge is 2.27. The molecule has 0 aromatic heterocycles. The van der Waals surface area contributed by atoms with Gasteiger partial charge in [-0.05, 0) is 44.0 Å². The van der Waals surface area contributed by atoms with E-state index in [1.807, 2.05) is 0 Å². The summed E-state index contributed by atoms with van der Waals surface area (Å²) in [7, 11) is -3.67. The number of rotatable bonds is 10. The van der Waals surface area contributed by atoms with Crippen LogP contribution in [0.4, 0.5) is 17.1 Å². The van der Waals surface area contributed by atoms with Crippen molar-refractivity contribution in [2.75, 3.05) is 36.9 Å². The number of hydrogen-bond acceptors (Lipinski definition) is 7. The van der Waals surface area contributed by atoms with Crippen molar-refractivity contribution in [2.24, 2.45) is 0 Å². The third kappa shape index (κ3) is 6.20. The van der Waals surface area contributed by atoms with E-state index in [1.165, 1.54) is 22.5 Å². The van der Waals surface area contributed by atoms with Crippen LogP contribution in [0.1, 0.15) is 32.6 Å². The lowest BCUT2D eigenvalue weighted by atomic mass is 10.2. The summed E-state index contributed by atoms with van der Waals surface area (Å²) < 4.78 is 33.1. The van der Waals surface area contributed by atoms with Gasteiger partial charge in [0.2, 0.25) is 15.9 Å². The maximum Gasteiger partial charge on any atom is 0.292 e. The molecule has 2 aromatic rings. The van der Waals surface area contributed by atoms with Crippen molar-refractivity contribution < 1.29 is 22.9 Å². The highest BCUT2D eigenvalue weighted by molar-refractivity contribution is 7.89. The Kier molecular flexibility index (Phi) is 8.23. The third-order valence-electron chi connectivity index (χ3n) is 5.25. The predicted octanol–water partition coefficient (Wildman–Crippen LogP) is 3.61. The second-order valence-corrected chi connectivity index (χ2v) is 9.49. The van der Waals surface area contributed by atoms with Gasteiger partial charge in [-0.15, -0.1) is 0 Å². The Hall–Kier alpha value is -3.18. The standard InChI is InChI=1S/C22H28N4O6S/c1-2-32-21-11-10-17(33(30,31)25-14-6-3-7-15-25)16-19(21)24-22(27)12-13-23-18-8-4-5-9-20(18)26(28)29/h4-5,8-11,16,23H,2-3,6-7,12-15H2,1H3,(H,24,27). The zero-order valence-electron chi connectivity index (χ0n) is 18.5. The van der Waals surface area contributed by atoms with Crippen LogP contribution in [0.5, 0.6) is 5.75 Å². The van der Waals surface area contributed by atoms with Crippen LogP contribution in [-0.4, -0.2) is 49.8 Å². The van der Waals surface area contributed by atoms with Gasteiger partial charge in [0.25, 0.3) is 5.69 Å². The molecule has 0 spiro atoms. The number of nitro groups is 1. The number of hydrogen-bond donors (Lipinski definition) is 2. The molecular weight excluding hydrogens is 448 g/mol. The molecule has 0 atom stereocenters. The number of sulfonamides is 1. The third-order valence-corrected chi connectivity index (χ3v) is 7.14. The summed E-state index contributed by atoms with van der Waals surface area (Å²) in [6.07, 6.45) is 2.68. The summed E-state index contributed by atoms with van der Waals surface area (Å²) >= 11 is 0. The number of nitro benzene ring substituents is 1. The first-order valence-corrected chi connectivity index (χ1v) is 12.3. The monoisotopic (exact) mass is 476 g/mol. The molecule has 0 bridgehead atoms. The summed E-state index contributed by atoms with van der Waals surface area (Å²) in [5.41, 5.74) is 0.512. The summed E-state index contributed by atoms with van der Waals surface area (Å²) in [5.74, 6) is -0.00958. The normalized spacial score (nSPS) is 14.5. The van der Waals surface area contributed by atoms with Gasteiger partial charge < -0.3 is 15.4 Å². The first-order valence-electron chi connectivity index (χ1n) is 10.9. The lowest BCUT2D eigenvalue weighted by molar-refractivity contribution is -0.384. The molecule has 3 rings (SSSR count). The average molecular weight is 477 g/mol. The largest absolute Gasteiger partial charge is 0.492 e. The molecule has 11 heteroatoms.